The summed E-state index contributed by atoms with van der Waals surface area (Å²) >= 11 is 0. The van der Waals surface area contributed by atoms with Crippen molar-refractivity contribution in [3.8, 4) is 0 Å². The van der Waals surface area contributed by atoms with Gasteiger partial charge in [-0.3, -0.25) is 0 Å². The van der Waals surface area contributed by atoms with Gasteiger partial charge in [-0.2, -0.15) is 0 Å². The number of aliphatic hydroxyl groups excluding tert-OH is 1. The molecule has 0 aromatic heterocycles. The van der Waals surface area contributed by atoms with Crippen LogP contribution in [-0.2, 0) is 4.74 Å². The third kappa shape index (κ3) is 4.52. The lowest BCUT2D eigenvalue weighted by atomic mass is 9.83. The first-order valence-electron chi connectivity index (χ1n) is 6.32. The van der Waals surface area contributed by atoms with Gasteiger partial charge in [-0.15, -0.1) is 0 Å². The Morgan fingerprint density at radius 2 is 1.67 bits per heavy atom. The van der Waals surface area contributed by atoms with Gasteiger partial charge in [-0.1, -0.05) is 6.92 Å². The van der Waals surface area contributed by atoms with E-state index in [2.05, 4.69) is 20.8 Å². The summed E-state index contributed by atoms with van der Waals surface area (Å²) in [5.74, 6) is 1.28. The van der Waals surface area contributed by atoms with Crippen LogP contribution < -0.4 is 0 Å². The van der Waals surface area contributed by atoms with Crippen LogP contribution in [0.2, 0.25) is 0 Å². The molecule has 0 atom stereocenters. The molecular formula is C13H26O2. The smallest absolute Gasteiger partial charge is 0.0624 e. The minimum atomic E-state index is 0.0355. The Morgan fingerprint density at radius 3 is 2.13 bits per heavy atom. The largest absolute Gasteiger partial charge is 0.396 e. The number of ether oxygens (including phenoxy) is 1. The van der Waals surface area contributed by atoms with Gasteiger partial charge in [0.05, 0.1) is 12.2 Å². The van der Waals surface area contributed by atoms with Crippen molar-refractivity contribution in [2.24, 2.45) is 11.8 Å². The third-order valence-corrected chi connectivity index (χ3v) is 3.79. The molecule has 0 amide bonds. The second-order valence-electron chi connectivity index (χ2n) is 5.49. The van der Waals surface area contributed by atoms with Crippen LogP contribution in [0.5, 0.6) is 0 Å². The fourth-order valence-electron chi connectivity index (χ4n) is 2.03. The van der Waals surface area contributed by atoms with E-state index in [-0.39, 0.29) is 5.60 Å². The zero-order chi connectivity index (χ0) is 11.3. The van der Waals surface area contributed by atoms with Crippen molar-refractivity contribution >= 4 is 0 Å². The highest BCUT2D eigenvalue weighted by Gasteiger charge is 2.23. The standard InChI is InChI=1S/C13H26O2/c1-4-13(2,3)15-10-12-7-5-11(9-14)6-8-12/h11-12,14H,4-10H2,1-3H3. The van der Waals surface area contributed by atoms with Gasteiger partial charge in [0.25, 0.3) is 0 Å². The molecule has 2 nitrogen and oxygen atoms in total. The summed E-state index contributed by atoms with van der Waals surface area (Å²) < 4.78 is 5.92. The summed E-state index contributed by atoms with van der Waals surface area (Å²) in [4.78, 5) is 0. The van der Waals surface area contributed by atoms with Crippen molar-refractivity contribution in [2.45, 2.75) is 58.5 Å². The van der Waals surface area contributed by atoms with Gasteiger partial charge in [0.15, 0.2) is 0 Å². The molecule has 90 valence electrons. The maximum absolute atomic E-state index is 9.04. The molecule has 0 saturated heterocycles. The Hall–Kier alpha value is -0.0800. The lowest BCUT2D eigenvalue weighted by Crippen LogP contribution is -2.28. The van der Waals surface area contributed by atoms with Crippen molar-refractivity contribution in [1.29, 1.82) is 0 Å². The van der Waals surface area contributed by atoms with E-state index in [0.717, 1.165) is 18.9 Å². The average Bonchev–Trinajstić information content (AvgIpc) is 2.27. The number of hydrogen-bond acceptors (Lipinski definition) is 2. The summed E-state index contributed by atoms with van der Waals surface area (Å²) in [5, 5.41) is 9.04. The Balaban J connectivity index is 2.19. The van der Waals surface area contributed by atoms with Crippen molar-refractivity contribution in [1.82, 2.24) is 0 Å². The Kier molecular flexibility index (Phi) is 5.07. The van der Waals surface area contributed by atoms with E-state index in [4.69, 9.17) is 9.84 Å². The van der Waals surface area contributed by atoms with E-state index in [9.17, 15) is 0 Å². The molecular weight excluding hydrogens is 188 g/mol. The van der Waals surface area contributed by atoms with Crippen LogP contribution in [0.4, 0.5) is 0 Å². The Morgan fingerprint density at radius 1 is 1.13 bits per heavy atom. The van der Waals surface area contributed by atoms with Crippen LogP contribution in [0.3, 0.4) is 0 Å². The first kappa shape index (κ1) is 13.0. The van der Waals surface area contributed by atoms with Crippen LogP contribution in [0, 0.1) is 11.8 Å². The predicted octanol–water partition coefficient (Wildman–Crippen LogP) is 2.99. The first-order chi connectivity index (χ1) is 7.07. The molecule has 1 rings (SSSR count). The van der Waals surface area contributed by atoms with Gasteiger partial charge >= 0.3 is 0 Å². The zero-order valence-corrected chi connectivity index (χ0v) is 10.5. The van der Waals surface area contributed by atoms with Crippen LogP contribution in [0.25, 0.3) is 0 Å². The Labute approximate surface area is 94.0 Å². The van der Waals surface area contributed by atoms with Gasteiger partial charge in [0.2, 0.25) is 0 Å². The molecule has 0 aliphatic heterocycles. The lowest BCUT2D eigenvalue weighted by molar-refractivity contribution is -0.0456. The molecule has 0 spiro atoms. The molecule has 2 heteroatoms. The minimum Gasteiger partial charge on any atom is -0.396 e. The monoisotopic (exact) mass is 214 g/mol. The van der Waals surface area contributed by atoms with Crippen LogP contribution in [0.1, 0.15) is 52.9 Å². The van der Waals surface area contributed by atoms with E-state index >= 15 is 0 Å². The highest BCUT2D eigenvalue weighted by atomic mass is 16.5. The zero-order valence-electron chi connectivity index (χ0n) is 10.5. The molecule has 1 saturated carbocycles. The van der Waals surface area contributed by atoms with Crippen molar-refractivity contribution in [3.63, 3.8) is 0 Å². The Bertz CT molecular complexity index is 169. The second kappa shape index (κ2) is 5.86. The van der Waals surface area contributed by atoms with E-state index in [1.807, 2.05) is 0 Å². The summed E-state index contributed by atoms with van der Waals surface area (Å²) in [6.45, 7) is 7.76. The highest BCUT2D eigenvalue weighted by molar-refractivity contribution is 4.73. The molecule has 1 fully saturated rings. The maximum atomic E-state index is 9.04. The molecule has 0 unspecified atom stereocenters. The van der Waals surface area contributed by atoms with Gasteiger partial charge in [-0.25, -0.2) is 0 Å². The number of hydrogen-bond donors (Lipinski definition) is 1. The van der Waals surface area contributed by atoms with Gasteiger partial charge < -0.3 is 9.84 Å². The van der Waals surface area contributed by atoms with Crippen LogP contribution >= 0.6 is 0 Å². The van der Waals surface area contributed by atoms with E-state index in [1.54, 1.807) is 0 Å². The van der Waals surface area contributed by atoms with E-state index in [1.165, 1.54) is 25.7 Å². The number of rotatable bonds is 5. The summed E-state index contributed by atoms with van der Waals surface area (Å²) in [6.07, 6.45) is 5.88. The fourth-order valence-corrected chi connectivity index (χ4v) is 2.03. The molecule has 1 aliphatic rings. The fraction of sp³-hybridized carbons (Fsp3) is 1.00. The average molecular weight is 214 g/mol. The third-order valence-electron chi connectivity index (χ3n) is 3.79. The SMILES string of the molecule is CCC(C)(C)OCC1CCC(CO)CC1. The van der Waals surface area contributed by atoms with E-state index < -0.39 is 0 Å². The molecule has 0 aromatic carbocycles. The molecule has 1 N–H and O–H groups in total. The highest BCUT2D eigenvalue weighted by Crippen LogP contribution is 2.29. The van der Waals surface area contributed by atoms with Crippen molar-refractivity contribution in [2.75, 3.05) is 13.2 Å². The van der Waals surface area contributed by atoms with Gasteiger partial charge in [0.1, 0.15) is 0 Å². The van der Waals surface area contributed by atoms with E-state index in [0.29, 0.717) is 12.5 Å². The molecule has 1 aliphatic carbocycles. The first-order valence-corrected chi connectivity index (χ1v) is 6.32. The molecule has 0 aromatic rings. The second-order valence-corrected chi connectivity index (χ2v) is 5.49. The lowest BCUT2D eigenvalue weighted by Gasteiger charge is -2.31. The van der Waals surface area contributed by atoms with Gasteiger partial charge in [-0.05, 0) is 57.8 Å². The van der Waals surface area contributed by atoms with Crippen LogP contribution in [0.15, 0.2) is 0 Å². The number of aliphatic hydroxyl groups is 1. The predicted molar refractivity (Wildman–Crippen MR) is 62.9 cm³/mol. The maximum Gasteiger partial charge on any atom is 0.0624 e. The molecule has 0 heterocycles. The normalized spacial score (nSPS) is 28.0. The molecule has 0 radical (unpaired) electrons. The summed E-state index contributed by atoms with van der Waals surface area (Å²) in [7, 11) is 0. The topological polar surface area (TPSA) is 29.5 Å². The van der Waals surface area contributed by atoms with Crippen molar-refractivity contribution in [3.05, 3.63) is 0 Å². The molecule has 15 heavy (non-hydrogen) atoms. The molecule has 0 bridgehead atoms. The van der Waals surface area contributed by atoms with Gasteiger partial charge in [0, 0.05) is 6.61 Å². The quantitative estimate of drug-likeness (QED) is 0.762. The summed E-state index contributed by atoms with van der Waals surface area (Å²) in [6, 6.07) is 0. The minimum absolute atomic E-state index is 0.0355. The van der Waals surface area contributed by atoms with Crippen LogP contribution in [-0.4, -0.2) is 23.9 Å². The summed E-state index contributed by atoms with van der Waals surface area (Å²) in [5.41, 5.74) is 0.0355. The van der Waals surface area contributed by atoms with Crippen molar-refractivity contribution < 1.29 is 9.84 Å².